The number of nitrogens with one attached hydrogen (secondary N) is 1. The first-order valence-electron chi connectivity index (χ1n) is 8.31. The molecule has 1 heterocycles. The Morgan fingerprint density at radius 3 is 2.46 bits per heavy atom. The Balaban J connectivity index is 1.58. The number of carbonyl (C=O) groups excluding carboxylic acids is 1. The Kier molecular flexibility index (Phi) is 5.81. The number of aromatic nitrogens is 2. The third-order valence-electron chi connectivity index (χ3n) is 3.84. The Morgan fingerprint density at radius 2 is 1.73 bits per heavy atom. The molecule has 3 rings (SSSR count). The number of amides is 1. The van der Waals surface area contributed by atoms with Crippen LogP contribution >= 0.6 is 11.6 Å². The first kappa shape index (κ1) is 17.9. The van der Waals surface area contributed by atoms with E-state index in [2.05, 4.69) is 10.4 Å². The molecule has 0 aliphatic heterocycles. The van der Waals surface area contributed by atoms with Crippen molar-refractivity contribution < 1.29 is 4.79 Å². The fraction of sp³-hybridized carbons (Fsp3) is 0.150. The maximum atomic E-state index is 12.0. The van der Waals surface area contributed by atoms with Crippen LogP contribution in [-0.2, 0) is 11.3 Å². The number of anilines is 1. The van der Waals surface area contributed by atoms with Crippen molar-refractivity contribution in [3.63, 3.8) is 0 Å². The van der Waals surface area contributed by atoms with Gasteiger partial charge in [0.25, 0.3) is 5.56 Å². The summed E-state index contributed by atoms with van der Waals surface area (Å²) in [7, 11) is 0. The zero-order valence-electron chi connectivity index (χ0n) is 14.1. The van der Waals surface area contributed by atoms with E-state index in [-0.39, 0.29) is 11.5 Å². The van der Waals surface area contributed by atoms with Gasteiger partial charge in [-0.15, -0.1) is 0 Å². The van der Waals surface area contributed by atoms with Crippen LogP contribution in [0.2, 0.25) is 5.02 Å². The van der Waals surface area contributed by atoms with Crippen molar-refractivity contribution in [3.8, 4) is 11.3 Å². The van der Waals surface area contributed by atoms with E-state index in [0.29, 0.717) is 30.1 Å². The molecular formula is C20H18ClN3O2. The molecule has 0 saturated heterocycles. The number of nitrogens with zero attached hydrogens (tertiary/aromatic N) is 2. The highest BCUT2D eigenvalue weighted by molar-refractivity contribution is 6.30. The summed E-state index contributed by atoms with van der Waals surface area (Å²) in [6, 6.07) is 19.8. The quantitative estimate of drug-likeness (QED) is 0.716. The molecule has 132 valence electrons. The van der Waals surface area contributed by atoms with Gasteiger partial charge in [0.2, 0.25) is 5.91 Å². The number of hydrogen-bond acceptors (Lipinski definition) is 3. The van der Waals surface area contributed by atoms with E-state index >= 15 is 0 Å². The first-order valence-corrected chi connectivity index (χ1v) is 8.68. The van der Waals surface area contributed by atoms with E-state index in [1.54, 1.807) is 30.3 Å². The molecule has 6 heteroatoms. The minimum atomic E-state index is -0.178. The van der Waals surface area contributed by atoms with E-state index in [4.69, 9.17) is 11.6 Å². The second-order valence-electron chi connectivity index (χ2n) is 5.80. The lowest BCUT2D eigenvalue weighted by atomic mass is 10.1. The fourth-order valence-electron chi connectivity index (χ4n) is 2.52. The second-order valence-corrected chi connectivity index (χ2v) is 6.24. The number of hydrogen-bond donors (Lipinski definition) is 1. The van der Waals surface area contributed by atoms with Crippen molar-refractivity contribution in [2.45, 2.75) is 19.4 Å². The van der Waals surface area contributed by atoms with Gasteiger partial charge in [0, 0.05) is 35.3 Å². The Labute approximate surface area is 156 Å². The number of benzene rings is 2. The number of rotatable bonds is 6. The highest BCUT2D eigenvalue weighted by atomic mass is 35.5. The molecule has 0 unspecified atom stereocenters. The SMILES string of the molecule is O=C(CCCn1nc(-c2ccccc2)ccc1=O)Nc1ccc(Cl)cc1. The molecular weight excluding hydrogens is 350 g/mol. The van der Waals surface area contributed by atoms with E-state index in [0.717, 1.165) is 11.3 Å². The van der Waals surface area contributed by atoms with E-state index in [9.17, 15) is 9.59 Å². The summed E-state index contributed by atoms with van der Waals surface area (Å²) in [5, 5.41) is 7.81. The number of aryl methyl sites for hydroxylation is 1. The van der Waals surface area contributed by atoms with Gasteiger partial charge in [0.1, 0.15) is 0 Å². The maximum absolute atomic E-state index is 12.0. The van der Waals surface area contributed by atoms with Crippen LogP contribution in [0.15, 0.2) is 71.5 Å². The molecule has 0 fully saturated rings. The first-order chi connectivity index (χ1) is 12.6. The second kappa shape index (κ2) is 8.45. The summed E-state index contributed by atoms with van der Waals surface area (Å²) < 4.78 is 1.40. The van der Waals surface area contributed by atoms with Crippen molar-refractivity contribution in [2.24, 2.45) is 0 Å². The molecule has 0 radical (unpaired) electrons. The number of carbonyl (C=O) groups is 1. The topological polar surface area (TPSA) is 64.0 Å². The van der Waals surface area contributed by atoms with Crippen molar-refractivity contribution in [2.75, 3.05) is 5.32 Å². The molecule has 1 amide bonds. The third kappa shape index (κ3) is 4.80. The van der Waals surface area contributed by atoms with Gasteiger partial charge in [-0.05, 0) is 36.8 Å². The Morgan fingerprint density at radius 1 is 1.00 bits per heavy atom. The van der Waals surface area contributed by atoms with Gasteiger partial charge in [0.05, 0.1) is 5.69 Å². The van der Waals surface area contributed by atoms with Crippen LogP contribution in [0.4, 0.5) is 5.69 Å². The zero-order valence-corrected chi connectivity index (χ0v) is 14.8. The van der Waals surface area contributed by atoms with Crippen LogP contribution in [0.5, 0.6) is 0 Å². The molecule has 0 aliphatic carbocycles. The maximum Gasteiger partial charge on any atom is 0.266 e. The fourth-order valence-corrected chi connectivity index (χ4v) is 2.64. The van der Waals surface area contributed by atoms with Gasteiger partial charge >= 0.3 is 0 Å². The van der Waals surface area contributed by atoms with Crippen molar-refractivity contribution in [1.82, 2.24) is 9.78 Å². The van der Waals surface area contributed by atoms with Gasteiger partial charge in [-0.25, -0.2) is 4.68 Å². The van der Waals surface area contributed by atoms with Gasteiger partial charge in [-0.2, -0.15) is 5.10 Å². The summed E-state index contributed by atoms with van der Waals surface area (Å²) in [5.41, 5.74) is 2.20. The van der Waals surface area contributed by atoms with Gasteiger partial charge in [-0.3, -0.25) is 9.59 Å². The van der Waals surface area contributed by atoms with Crippen molar-refractivity contribution in [1.29, 1.82) is 0 Å². The summed E-state index contributed by atoms with van der Waals surface area (Å²) >= 11 is 5.82. The summed E-state index contributed by atoms with van der Waals surface area (Å²) in [5.74, 6) is -0.111. The van der Waals surface area contributed by atoms with Crippen molar-refractivity contribution in [3.05, 3.63) is 82.1 Å². The number of halogens is 1. The molecule has 0 aliphatic rings. The molecule has 0 saturated carbocycles. The normalized spacial score (nSPS) is 10.5. The lowest BCUT2D eigenvalue weighted by molar-refractivity contribution is -0.116. The molecule has 1 aromatic heterocycles. The largest absolute Gasteiger partial charge is 0.326 e. The van der Waals surface area contributed by atoms with Gasteiger partial charge in [-0.1, -0.05) is 41.9 Å². The summed E-state index contributed by atoms with van der Waals surface area (Å²) in [6.07, 6.45) is 0.816. The molecule has 26 heavy (non-hydrogen) atoms. The summed E-state index contributed by atoms with van der Waals surface area (Å²) in [4.78, 5) is 24.0. The molecule has 2 aromatic carbocycles. The minimum absolute atomic E-state index is 0.111. The predicted molar refractivity (Wildman–Crippen MR) is 103 cm³/mol. The zero-order chi connectivity index (χ0) is 18.4. The van der Waals surface area contributed by atoms with E-state index < -0.39 is 0 Å². The average Bonchev–Trinajstić information content (AvgIpc) is 2.66. The van der Waals surface area contributed by atoms with Crippen LogP contribution in [0.25, 0.3) is 11.3 Å². The van der Waals surface area contributed by atoms with Gasteiger partial charge in [0.15, 0.2) is 0 Å². The van der Waals surface area contributed by atoms with Crippen LogP contribution in [-0.4, -0.2) is 15.7 Å². The Bertz CT molecular complexity index is 937. The average molecular weight is 368 g/mol. The molecule has 5 nitrogen and oxygen atoms in total. The smallest absolute Gasteiger partial charge is 0.266 e. The van der Waals surface area contributed by atoms with E-state index in [1.807, 2.05) is 30.3 Å². The van der Waals surface area contributed by atoms with Crippen LogP contribution in [0.1, 0.15) is 12.8 Å². The molecule has 3 aromatic rings. The standard InChI is InChI=1S/C20H18ClN3O2/c21-16-8-10-17(11-9-16)22-19(25)7-4-14-24-20(26)13-12-18(23-24)15-5-2-1-3-6-15/h1-3,5-6,8-13H,4,7,14H2,(H,22,25). The van der Waals surface area contributed by atoms with Crippen LogP contribution in [0, 0.1) is 0 Å². The molecule has 0 atom stereocenters. The van der Waals surface area contributed by atoms with Crippen molar-refractivity contribution >= 4 is 23.2 Å². The molecule has 1 N–H and O–H groups in total. The third-order valence-corrected chi connectivity index (χ3v) is 4.09. The van der Waals surface area contributed by atoms with Crippen LogP contribution in [0.3, 0.4) is 0 Å². The lowest BCUT2D eigenvalue weighted by Gasteiger charge is -2.08. The monoisotopic (exact) mass is 367 g/mol. The van der Waals surface area contributed by atoms with Crippen LogP contribution < -0.4 is 10.9 Å². The predicted octanol–water partition coefficient (Wildman–Crippen LogP) is 3.98. The van der Waals surface area contributed by atoms with E-state index in [1.165, 1.54) is 10.7 Å². The molecule has 0 bridgehead atoms. The highest BCUT2D eigenvalue weighted by Crippen LogP contribution is 2.15. The Hall–Kier alpha value is -2.92. The summed E-state index contributed by atoms with van der Waals surface area (Å²) in [6.45, 7) is 0.382. The lowest BCUT2D eigenvalue weighted by Crippen LogP contribution is -2.23. The highest BCUT2D eigenvalue weighted by Gasteiger charge is 2.06. The molecule has 0 spiro atoms. The van der Waals surface area contributed by atoms with Gasteiger partial charge < -0.3 is 5.32 Å². The minimum Gasteiger partial charge on any atom is -0.326 e.